The van der Waals surface area contributed by atoms with Gasteiger partial charge in [-0.3, -0.25) is 14.6 Å². The highest BCUT2D eigenvalue weighted by Gasteiger charge is 2.31. The first kappa shape index (κ1) is 21.1. The largest absolute Gasteiger partial charge is 0.371 e. The normalized spacial score (nSPS) is 20.8. The van der Waals surface area contributed by atoms with Crippen LogP contribution in [0.5, 0.6) is 0 Å². The van der Waals surface area contributed by atoms with Crippen LogP contribution in [0.2, 0.25) is 0 Å². The van der Waals surface area contributed by atoms with E-state index in [4.69, 9.17) is 0 Å². The zero-order valence-corrected chi connectivity index (χ0v) is 18.8. The summed E-state index contributed by atoms with van der Waals surface area (Å²) in [5, 5.41) is 3.45. The number of anilines is 1. The smallest absolute Gasteiger partial charge is 0.253 e. The summed E-state index contributed by atoms with van der Waals surface area (Å²) in [5.74, 6) is 0.716. The van der Waals surface area contributed by atoms with Gasteiger partial charge in [0.25, 0.3) is 5.91 Å². The zero-order chi connectivity index (χ0) is 22.1. The molecule has 0 radical (unpaired) electrons. The molecule has 6 nitrogen and oxygen atoms in total. The summed E-state index contributed by atoms with van der Waals surface area (Å²) in [6, 6.07) is 10.7. The van der Waals surface area contributed by atoms with Crippen LogP contribution in [0.1, 0.15) is 59.6 Å². The lowest BCUT2D eigenvalue weighted by Crippen LogP contribution is -2.45. The minimum Gasteiger partial charge on any atom is -0.371 e. The Morgan fingerprint density at radius 2 is 1.81 bits per heavy atom. The second kappa shape index (κ2) is 9.02. The molecule has 0 bridgehead atoms. The van der Waals surface area contributed by atoms with Crippen molar-refractivity contribution in [2.24, 2.45) is 5.92 Å². The molecule has 6 heteroatoms. The minimum absolute atomic E-state index is 0.0925. The standard InChI is InChI=1S/C26H32N4O2/c1-29(21-10-14-30(15-11-21)22-8-12-27-13-9-22)26(32)20-5-2-18-6-7-24(23(18)16-20)28-17-25(31)19-3-4-19/h2,5,8-9,12-13,16,19,21,24,28H,3-4,6-7,10-11,14-15,17H2,1H3. The third-order valence-electron chi connectivity index (χ3n) is 7.39. The molecule has 32 heavy (non-hydrogen) atoms. The number of piperidine rings is 1. The number of benzene rings is 1. The average Bonchev–Trinajstić information content (AvgIpc) is 3.62. The topological polar surface area (TPSA) is 65.5 Å². The van der Waals surface area contributed by atoms with Crippen molar-refractivity contribution in [2.75, 3.05) is 31.6 Å². The average molecular weight is 433 g/mol. The van der Waals surface area contributed by atoms with E-state index in [9.17, 15) is 9.59 Å². The molecule has 2 aromatic rings. The molecule has 0 spiro atoms. The molecule has 1 aromatic carbocycles. The molecular formula is C26H32N4O2. The summed E-state index contributed by atoms with van der Waals surface area (Å²) in [7, 11) is 1.94. The number of aryl methyl sites for hydroxylation is 1. The first-order valence-corrected chi connectivity index (χ1v) is 11.9. The molecule has 1 N–H and O–H groups in total. The Morgan fingerprint density at radius 3 is 2.53 bits per heavy atom. The predicted molar refractivity (Wildman–Crippen MR) is 125 cm³/mol. The van der Waals surface area contributed by atoms with Gasteiger partial charge < -0.3 is 15.1 Å². The van der Waals surface area contributed by atoms with Crippen LogP contribution < -0.4 is 10.2 Å². The van der Waals surface area contributed by atoms with Gasteiger partial charge in [-0.1, -0.05) is 6.07 Å². The van der Waals surface area contributed by atoms with Gasteiger partial charge in [-0.25, -0.2) is 0 Å². The fraction of sp³-hybridized carbons (Fsp3) is 0.500. The Hall–Kier alpha value is -2.73. The van der Waals surface area contributed by atoms with Gasteiger partial charge in [0.2, 0.25) is 0 Å². The number of aromatic nitrogens is 1. The van der Waals surface area contributed by atoms with Crippen LogP contribution >= 0.6 is 0 Å². The molecule has 1 amide bonds. The van der Waals surface area contributed by atoms with Crippen LogP contribution in [-0.4, -0.2) is 54.3 Å². The Bertz CT molecular complexity index is 981. The van der Waals surface area contributed by atoms with Gasteiger partial charge in [0.15, 0.2) is 0 Å². The summed E-state index contributed by atoms with van der Waals surface area (Å²) < 4.78 is 0. The number of nitrogens with one attached hydrogen (secondary N) is 1. The van der Waals surface area contributed by atoms with Crippen molar-refractivity contribution in [3.63, 3.8) is 0 Å². The zero-order valence-electron chi connectivity index (χ0n) is 18.8. The van der Waals surface area contributed by atoms with Crippen LogP contribution in [0.4, 0.5) is 5.69 Å². The molecule has 5 rings (SSSR count). The van der Waals surface area contributed by atoms with Crippen LogP contribution in [0.3, 0.4) is 0 Å². The van der Waals surface area contributed by atoms with Crippen LogP contribution in [-0.2, 0) is 11.2 Å². The summed E-state index contributed by atoms with van der Waals surface area (Å²) in [4.78, 5) is 33.8. The minimum atomic E-state index is 0.0925. The molecule has 1 unspecified atom stereocenters. The van der Waals surface area contributed by atoms with Gasteiger partial charge in [0, 0.05) is 61.8 Å². The number of ketones is 1. The van der Waals surface area contributed by atoms with Gasteiger partial charge in [0.05, 0.1) is 6.54 Å². The summed E-state index contributed by atoms with van der Waals surface area (Å²) in [6.45, 7) is 2.33. The number of Topliss-reactive ketones (excluding diaryl/α,β-unsaturated/α-hetero) is 1. The fourth-order valence-electron chi connectivity index (χ4n) is 5.16. The second-order valence-corrected chi connectivity index (χ2v) is 9.47. The number of fused-ring (bicyclic) bond motifs is 1. The number of carbonyl (C=O) groups is 2. The van der Waals surface area contributed by atoms with Gasteiger partial charge in [-0.2, -0.15) is 0 Å². The molecule has 2 aliphatic carbocycles. The Kier molecular flexibility index (Phi) is 5.96. The van der Waals surface area contributed by atoms with Gasteiger partial charge in [-0.05, 0) is 73.9 Å². The number of rotatable bonds is 7. The van der Waals surface area contributed by atoms with E-state index >= 15 is 0 Å². The maximum absolute atomic E-state index is 13.3. The third kappa shape index (κ3) is 4.42. The molecule has 2 fully saturated rings. The first-order valence-electron chi connectivity index (χ1n) is 11.9. The van der Waals surface area contributed by atoms with Gasteiger partial charge in [-0.15, -0.1) is 0 Å². The molecule has 168 valence electrons. The molecule has 1 aliphatic heterocycles. The number of amides is 1. The summed E-state index contributed by atoms with van der Waals surface area (Å²) in [6.07, 6.45) is 9.68. The van der Waals surface area contributed by atoms with E-state index in [1.165, 1.54) is 16.8 Å². The number of hydrogen-bond donors (Lipinski definition) is 1. The molecule has 3 aliphatic rings. The first-order chi connectivity index (χ1) is 15.6. The van der Waals surface area contributed by atoms with Crippen molar-refractivity contribution in [2.45, 2.75) is 50.6 Å². The van der Waals surface area contributed by atoms with E-state index in [1.54, 1.807) is 0 Å². The maximum atomic E-state index is 13.3. The van der Waals surface area contributed by atoms with Crippen LogP contribution in [0.25, 0.3) is 0 Å². The molecule has 1 saturated heterocycles. The predicted octanol–water partition coefficient (Wildman–Crippen LogP) is 3.38. The highest BCUT2D eigenvalue weighted by molar-refractivity contribution is 5.94. The number of carbonyl (C=O) groups excluding carboxylic acids is 2. The highest BCUT2D eigenvalue weighted by atomic mass is 16.2. The van der Waals surface area contributed by atoms with Gasteiger partial charge in [0.1, 0.15) is 5.78 Å². The number of nitrogens with zero attached hydrogens (tertiary/aromatic N) is 3. The number of pyridine rings is 1. The van der Waals surface area contributed by atoms with Crippen molar-refractivity contribution in [3.05, 3.63) is 59.4 Å². The Balaban J connectivity index is 1.21. The van der Waals surface area contributed by atoms with Gasteiger partial charge >= 0.3 is 0 Å². The summed E-state index contributed by atoms with van der Waals surface area (Å²) >= 11 is 0. The maximum Gasteiger partial charge on any atom is 0.253 e. The van der Waals surface area contributed by atoms with Crippen molar-refractivity contribution in [1.29, 1.82) is 0 Å². The van der Waals surface area contributed by atoms with Crippen molar-refractivity contribution in [1.82, 2.24) is 15.2 Å². The lowest BCUT2D eigenvalue weighted by molar-refractivity contribution is -0.119. The molecule has 2 heterocycles. The van der Waals surface area contributed by atoms with E-state index in [-0.39, 0.29) is 23.9 Å². The Labute approximate surface area is 190 Å². The summed E-state index contributed by atoms with van der Waals surface area (Å²) in [5.41, 5.74) is 4.45. The van der Waals surface area contributed by atoms with Crippen molar-refractivity contribution >= 4 is 17.4 Å². The van der Waals surface area contributed by atoms with E-state index in [1.807, 2.05) is 42.5 Å². The number of hydrogen-bond acceptors (Lipinski definition) is 5. The van der Waals surface area contributed by atoms with E-state index < -0.39 is 0 Å². The Morgan fingerprint density at radius 1 is 1.06 bits per heavy atom. The highest BCUT2D eigenvalue weighted by Crippen LogP contribution is 2.34. The van der Waals surface area contributed by atoms with E-state index in [2.05, 4.69) is 27.3 Å². The SMILES string of the molecule is CN(C(=O)c1ccc2c(c1)C(NCC(=O)C1CC1)CC2)C1CCN(c2ccncc2)CC1. The van der Waals surface area contributed by atoms with E-state index in [0.29, 0.717) is 12.3 Å². The lowest BCUT2D eigenvalue weighted by atomic mass is 10.00. The van der Waals surface area contributed by atoms with E-state index in [0.717, 1.165) is 57.2 Å². The molecular weight excluding hydrogens is 400 g/mol. The van der Waals surface area contributed by atoms with Crippen LogP contribution in [0, 0.1) is 5.92 Å². The van der Waals surface area contributed by atoms with Crippen molar-refractivity contribution < 1.29 is 9.59 Å². The third-order valence-corrected chi connectivity index (χ3v) is 7.39. The quantitative estimate of drug-likeness (QED) is 0.727. The lowest BCUT2D eigenvalue weighted by Gasteiger charge is -2.38. The van der Waals surface area contributed by atoms with Crippen molar-refractivity contribution in [3.8, 4) is 0 Å². The fourth-order valence-corrected chi connectivity index (χ4v) is 5.16. The monoisotopic (exact) mass is 432 g/mol. The van der Waals surface area contributed by atoms with Crippen LogP contribution in [0.15, 0.2) is 42.7 Å². The second-order valence-electron chi connectivity index (χ2n) is 9.47. The molecule has 1 aromatic heterocycles. The molecule has 1 atom stereocenters. The molecule has 1 saturated carbocycles.